The number of sulfonamides is 1. The van der Waals surface area contributed by atoms with Gasteiger partial charge >= 0.3 is 0 Å². The number of amides is 2. The zero-order chi connectivity index (χ0) is 22.0. The molecular formula is C21H23N3O5S2. The van der Waals surface area contributed by atoms with Gasteiger partial charge in [-0.25, -0.2) is 8.42 Å². The highest BCUT2D eigenvalue weighted by Crippen LogP contribution is 2.32. The van der Waals surface area contributed by atoms with Gasteiger partial charge in [0.1, 0.15) is 5.75 Å². The zero-order valence-corrected chi connectivity index (χ0v) is 18.7. The number of carbonyl (C=O) groups excluding carboxylic acids is 2. The molecule has 1 saturated heterocycles. The van der Waals surface area contributed by atoms with Crippen LogP contribution in [-0.2, 0) is 14.8 Å². The summed E-state index contributed by atoms with van der Waals surface area (Å²) in [5.41, 5.74) is 1.12. The summed E-state index contributed by atoms with van der Waals surface area (Å²) < 4.78 is 32.6. The van der Waals surface area contributed by atoms with Gasteiger partial charge in [-0.15, -0.1) is 11.8 Å². The van der Waals surface area contributed by atoms with Crippen molar-refractivity contribution < 1.29 is 22.7 Å². The zero-order valence-electron chi connectivity index (χ0n) is 17.0. The van der Waals surface area contributed by atoms with Crippen LogP contribution < -0.4 is 10.1 Å². The first-order valence-corrected chi connectivity index (χ1v) is 12.4. The molecule has 2 aromatic rings. The Morgan fingerprint density at radius 3 is 2.48 bits per heavy atom. The second-order valence-electron chi connectivity index (χ2n) is 7.15. The van der Waals surface area contributed by atoms with E-state index in [-0.39, 0.29) is 29.8 Å². The van der Waals surface area contributed by atoms with Crippen molar-refractivity contribution in [3.05, 3.63) is 48.0 Å². The van der Waals surface area contributed by atoms with Gasteiger partial charge in [0.15, 0.2) is 0 Å². The Labute approximate surface area is 185 Å². The van der Waals surface area contributed by atoms with Crippen molar-refractivity contribution in [2.75, 3.05) is 43.9 Å². The van der Waals surface area contributed by atoms with Gasteiger partial charge < -0.3 is 15.0 Å². The van der Waals surface area contributed by atoms with Crippen LogP contribution in [0.2, 0.25) is 0 Å². The molecule has 10 heteroatoms. The maximum Gasteiger partial charge on any atom is 0.254 e. The standard InChI is InChI=1S/C21H23N3O5S2/c1-2-29-16-4-6-17(7-5-16)31(27,28)24-11-9-23(10-12-24)21(26)15-3-8-19-18(13-15)22-20(25)14-30-19/h3-8,13H,2,9-12,14H2,1H3,(H,22,25). The number of benzene rings is 2. The maximum atomic E-state index is 12.9. The summed E-state index contributed by atoms with van der Waals surface area (Å²) in [6.45, 7) is 3.42. The highest BCUT2D eigenvalue weighted by atomic mass is 32.2. The van der Waals surface area contributed by atoms with E-state index in [0.717, 1.165) is 4.90 Å². The number of anilines is 1. The molecule has 0 aliphatic carbocycles. The Kier molecular flexibility index (Phi) is 6.22. The molecule has 2 aromatic carbocycles. The fourth-order valence-corrected chi connectivity index (χ4v) is 5.76. The third-order valence-corrected chi connectivity index (χ3v) is 8.14. The predicted molar refractivity (Wildman–Crippen MR) is 118 cm³/mol. The largest absolute Gasteiger partial charge is 0.494 e. The molecule has 8 nitrogen and oxygen atoms in total. The first-order valence-electron chi connectivity index (χ1n) is 9.97. The van der Waals surface area contributed by atoms with Crippen LogP contribution in [0.4, 0.5) is 5.69 Å². The number of rotatable bonds is 5. The van der Waals surface area contributed by atoms with Gasteiger partial charge in [-0.1, -0.05) is 0 Å². The second-order valence-corrected chi connectivity index (χ2v) is 10.1. The second kappa shape index (κ2) is 8.89. The van der Waals surface area contributed by atoms with Gasteiger partial charge in [0.05, 0.1) is 22.9 Å². The lowest BCUT2D eigenvalue weighted by Gasteiger charge is -2.34. The number of nitrogens with one attached hydrogen (secondary N) is 1. The lowest BCUT2D eigenvalue weighted by atomic mass is 10.1. The number of carbonyl (C=O) groups is 2. The Bertz CT molecular complexity index is 1090. The molecule has 2 amide bonds. The van der Waals surface area contributed by atoms with Crippen LogP contribution in [0.5, 0.6) is 5.75 Å². The first-order chi connectivity index (χ1) is 14.9. The molecule has 0 atom stereocenters. The van der Waals surface area contributed by atoms with Gasteiger partial charge in [0.25, 0.3) is 5.91 Å². The van der Waals surface area contributed by atoms with Crippen LogP contribution in [0.3, 0.4) is 0 Å². The summed E-state index contributed by atoms with van der Waals surface area (Å²) in [6.07, 6.45) is 0. The molecule has 31 heavy (non-hydrogen) atoms. The predicted octanol–water partition coefficient (Wildman–Crippen LogP) is 2.28. The molecule has 0 aromatic heterocycles. The summed E-state index contributed by atoms with van der Waals surface area (Å²) >= 11 is 1.44. The van der Waals surface area contributed by atoms with Crippen LogP contribution in [0.25, 0.3) is 0 Å². The van der Waals surface area contributed by atoms with Crippen LogP contribution in [-0.4, -0.2) is 68.0 Å². The lowest BCUT2D eigenvalue weighted by Crippen LogP contribution is -2.50. The van der Waals surface area contributed by atoms with Crippen LogP contribution >= 0.6 is 11.8 Å². The van der Waals surface area contributed by atoms with Crippen LogP contribution in [0.1, 0.15) is 17.3 Å². The quantitative estimate of drug-likeness (QED) is 0.734. The highest BCUT2D eigenvalue weighted by Gasteiger charge is 2.31. The number of fused-ring (bicyclic) bond motifs is 1. The number of ether oxygens (including phenoxy) is 1. The van der Waals surface area contributed by atoms with Gasteiger partial charge in [-0.2, -0.15) is 4.31 Å². The van der Waals surface area contributed by atoms with Crippen molar-refractivity contribution in [3.8, 4) is 5.75 Å². The minimum absolute atomic E-state index is 0.0878. The molecule has 0 spiro atoms. The number of hydrogen-bond acceptors (Lipinski definition) is 6. The van der Waals surface area contributed by atoms with Gasteiger partial charge in [0.2, 0.25) is 15.9 Å². The van der Waals surface area contributed by atoms with Crippen molar-refractivity contribution in [3.63, 3.8) is 0 Å². The molecule has 2 aliphatic heterocycles. The third kappa shape index (κ3) is 4.56. The Balaban J connectivity index is 1.41. The number of hydrogen-bond donors (Lipinski definition) is 1. The van der Waals surface area contributed by atoms with E-state index >= 15 is 0 Å². The summed E-state index contributed by atoms with van der Waals surface area (Å²) in [7, 11) is -3.64. The van der Waals surface area contributed by atoms with Gasteiger partial charge in [0, 0.05) is 36.6 Å². The first kappa shape index (κ1) is 21.7. The fourth-order valence-electron chi connectivity index (χ4n) is 3.55. The molecule has 0 bridgehead atoms. The molecule has 2 heterocycles. The average molecular weight is 462 g/mol. The summed E-state index contributed by atoms with van der Waals surface area (Å²) in [6, 6.07) is 11.6. The van der Waals surface area contributed by atoms with E-state index in [1.807, 2.05) is 13.0 Å². The normalized spacial score (nSPS) is 17.1. The molecule has 164 valence electrons. The number of thioether (sulfide) groups is 1. The van der Waals surface area contributed by atoms with Crippen LogP contribution in [0.15, 0.2) is 52.3 Å². The third-order valence-electron chi connectivity index (χ3n) is 5.16. The molecule has 0 radical (unpaired) electrons. The van der Waals surface area contributed by atoms with Crippen molar-refractivity contribution in [1.82, 2.24) is 9.21 Å². The Morgan fingerprint density at radius 2 is 1.81 bits per heavy atom. The van der Waals surface area contributed by atoms with Crippen molar-refractivity contribution in [2.24, 2.45) is 0 Å². The minimum atomic E-state index is -3.64. The fraction of sp³-hybridized carbons (Fsp3) is 0.333. The van der Waals surface area contributed by atoms with E-state index in [4.69, 9.17) is 4.74 Å². The number of piperazine rings is 1. The van der Waals surface area contributed by atoms with E-state index in [9.17, 15) is 18.0 Å². The molecule has 4 rings (SSSR count). The van der Waals surface area contributed by atoms with E-state index in [1.54, 1.807) is 29.2 Å². The smallest absolute Gasteiger partial charge is 0.254 e. The van der Waals surface area contributed by atoms with E-state index in [1.165, 1.54) is 28.2 Å². The summed E-state index contributed by atoms with van der Waals surface area (Å²) in [4.78, 5) is 27.3. The molecule has 1 N–H and O–H groups in total. The topological polar surface area (TPSA) is 96.0 Å². The van der Waals surface area contributed by atoms with E-state index in [2.05, 4.69) is 5.32 Å². The Morgan fingerprint density at radius 1 is 1.10 bits per heavy atom. The van der Waals surface area contributed by atoms with Crippen molar-refractivity contribution >= 4 is 39.3 Å². The maximum absolute atomic E-state index is 12.9. The summed E-state index contributed by atoms with van der Waals surface area (Å²) in [5.74, 6) is 0.725. The SMILES string of the molecule is CCOc1ccc(S(=O)(=O)N2CCN(C(=O)c3ccc4c(c3)NC(=O)CS4)CC2)cc1. The molecule has 1 fully saturated rings. The van der Waals surface area contributed by atoms with E-state index < -0.39 is 10.0 Å². The molecule has 0 saturated carbocycles. The minimum Gasteiger partial charge on any atom is -0.494 e. The Hall–Kier alpha value is -2.56. The van der Waals surface area contributed by atoms with Gasteiger partial charge in [-0.3, -0.25) is 9.59 Å². The van der Waals surface area contributed by atoms with Crippen molar-refractivity contribution in [1.29, 1.82) is 0 Å². The van der Waals surface area contributed by atoms with E-state index in [0.29, 0.717) is 42.4 Å². The van der Waals surface area contributed by atoms with Crippen molar-refractivity contribution in [2.45, 2.75) is 16.7 Å². The summed E-state index contributed by atoms with van der Waals surface area (Å²) in [5, 5.41) is 2.79. The highest BCUT2D eigenvalue weighted by molar-refractivity contribution is 8.00. The lowest BCUT2D eigenvalue weighted by molar-refractivity contribution is -0.113. The molecule has 0 unspecified atom stereocenters. The molecule has 2 aliphatic rings. The average Bonchev–Trinajstić information content (AvgIpc) is 2.79. The number of nitrogens with zero attached hydrogens (tertiary/aromatic N) is 2. The van der Waals surface area contributed by atoms with Crippen LogP contribution in [0, 0.1) is 0 Å². The monoisotopic (exact) mass is 461 g/mol. The molecular weight excluding hydrogens is 438 g/mol. The van der Waals surface area contributed by atoms with Gasteiger partial charge in [-0.05, 0) is 49.4 Å².